The van der Waals surface area contributed by atoms with Crippen molar-refractivity contribution in [3.63, 3.8) is 0 Å². The number of rotatable bonds is 4. The minimum atomic E-state index is -1.16. The molecule has 1 aromatic heterocycles. The van der Waals surface area contributed by atoms with Crippen molar-refractivity contribution in [1.82, 2.24) is 20.2 Å². The molecular formula is C11H10ClN5O3. The number of anilines is 1. The van der Waals surface area contributed by atoms with Crippen LogP contribution in [0.3, 0.4) is 0 Å². The minimum Gasteiger partial charge on any atom is -0.478 e. The first-order valence-corrected chi connectivity index (χ1v) is 5.89. The number of nitrogens with zero attached hydrogens (tertiary/aromatic N) is 4. The lowest BCUT2D eigenvalue weighted by molar-refractivity contribution is -0.115. The van der Waals surface area contributed by atoms with Crippen LogP contribution in [0.1, 0.15) is 16.2 Å². The summed E-state index contributed by atoms with van der Waals surface area (Å²) in [4.78, 5) is 22.7. The Labute approximate surface area is 118 Å². The normalized spacial score (nSPS) is 10.3. The molecule has 9 heteroatoms. The fraction of sp³-hybridized carbons (Fsp3) is 0.182. The first kappa shape index (κ1) is 13.9. The van der Waals surface area contributed by atoms with E-state index in [1.807, 2.05) is 0 Å². The fourth-order valence-corrected chi connectivity index (χ4v) is 1.71. The molecule has 1 amide bonds. The third-order valence-corrected chi connectivity index (χ3v) is 2.84. The molecule has 2 N–H and O–H groups in total. The average molecular weight is 296 g/mol. The summed E-state index contributed by atoms with van der Waals surface area (Å²) < 4.78 is 1.38. The second-order valence-corrected chi connectivity index (χ2v) is 4.35. The van der Waals surface area contributed by atoms with Crippen molar-refractivity contribution < 1.29 is 14.7 Å². The number of hydrogen-bond acceptors (Lipinski definition) is 5. The molecule has 8 nitrogen and oxygen atoms in total. The van der Waals surface area contributed by atoms with Crippen LogP contribution in [0.25, 0.3) is 0 Å². The maximum Gasteiger partial charge on any atom is 0.337 e. The largest absolute Gasteiger partial charge is 0.478 e. The zero-order chi connectivity index (χ0) is 14.7. The van der Waals surface area contributed by atoms with Crippen LogP contribution < -0.4 is 5.32 Å². The second-order valence-electron chi connectivity index (χ2n) is 3.94. The maximum atomic E-state index is 11.8. The number of amides is 1. The predicted octanol–water partition coefficient (Wildman–Crippen LogP) is 0.743. The molecule has 0 radical (unpaired) electrons. The number of carboxylic acid groups (broad SMARTS) is 1. The van der Waals surface area contributed by atoms with E-state index in [4.69, 9.17) is 16.7 Å². The Morgan fingerprint density at radius 2 is 2.20 bits per heavy atom. The van der Waals surface area contributed by atoms with Crippen LogP contribution in [0.15, 0.2) is 18.2 Å². The second kappa shape index (κ2) is 5.66. The van der Waals surface area contributed by atoms with Gasteiger partial charge in [-0.2, -0.15) is 0 Å². The number of benzene rings is 1. The number of carbonyl (C=O) groups is 2. The number of aromatic carboxylic acids is 1. The zero-order valence-electron chi connectivity index (χ0n) is 10.4. The standard InChI is InChI=1S/C11H10ClN5O3/c1-17-9(14-15-16-17)5-10(18)13-6-2-3-8(12)7(4-6)11(19)20/h2-4H,5H2,1H3,(H,13,18)(H,19,20). The Morgan fingerprint density at radius 3 is 2.80 bits per heavy atom. The first-order chi connectivity index (χ1) is 9.47. The van der Waals surface area contributed by atoms with E-state index in [-0.39, 0.29) is 22.9 Å². The van der Waals surface area contributed by atoms with Gasteiger partial charge in [0.25, 0.3) is 0 Å². The Balaban J connectivity index is 2.10. The number of carboxylic acids is 1. The van der Waals surface area contributed by atoms with Gasteiger partial charge in [-0.1, -0.05) is 11.6 Å². The first-order valence-electron chi connectivity index (χ1n) is 5.51. The molecule has 0 aliphatic heterocycles. The highest BCUT2D eigenvalue weighted by molar-refractivity contribution is 6.33. The van der Waals surface area contributed by atoms with Crippen LogP contribution in [0.4, 0.5) is 5.69 Å². The third kappa shape index (κ3) is 3.09. The molecular weight excluding hydrogens is 286 g/mol. The Bertz CT molecular complexity index is 670. The van der Waals surface area contributed by atoms with Crippen LogP contribution in [0.2, 0.25) is 5.02 Å². The topological polar surface area (TPSA) is 110 Å². The van der Waals surface area contributed by atoms with E-state index in [0.29, 0.717) is 11.5 Å². The Kier molecular flexibility index (Phi) is 3.94. The quantitative estimate of drug-likeness (QED) is 0.861. The van der Waals surface area contributed by atoms with Crippen molar-refractivity contribution >= 4 is 29.2 Å². The van der Waals surface area contributed by atoms with E-state index < -0.39 is 5.97 Å². The minimum absolute atomic E-state index is 0.0193. The summed E-state index contributed by atoms with van der Waals surface area (Å²) in [5.74, 6) is -1.12. The van der Waals surface area contributed by atoms with E-state index in [2.05, 4.69) is 20.8 Å². The number of carbonyl (C=O) groups excluding carboxylic acids is 1. The van der Waals surface area contributed by atoms with Gasteiger partial charge in [-0.15, -0.1) is 5.10 Å². The monoisotopic (exact) mass is 295 g/mol. The van der Waals surface area contributed by atoms with E-state index in [1.54, 1.807) is 7.05 Å². The molecule has 104 valence electrons. The van der Waals surface area contributed by atoms with Crippen molar-refractivity contribution in [2.45, 2.75) is 6.42 Å². The van der Waals surface area contributed by atoms with Crippen LogP contribution in [-0.4, -0.2) is 37.2 Å². The highest BCUT2D eigenvalue weighted by Crippen LogP contribution is 2.20. The summed E-state index contributed by atoms with van der Waals surface area (Å²) >= 11 is 5.74. The molecule has 2 rings (SSSR count). The van der Waals surface area contributed by atoms with Crippen molar-refractivity contribution in [1.29, 1.82) is 0 Å². The summed E-state index contributed by atoms with van der Waals surface area (Å²) in [6, 6.07) is 4.21. The molecule has 0 unspecified atom stereocenters. The lowest BCUT2D eigenvalue weighted by atomic mass is 10.2. The lowest BCUT2D eigenvalue weighted by Crippen LogP contribution is -2.17. The van der Waals surface area contributed by atoms with Crippen molar-refractivity contribution in [2.24, 2.45) is 7.05 Å². The molecule has 0 saturated heterocycles. The molecule has 0 aliphatic rings. The van der Waals surface area contributed by atoms with Gasteiger partial charge in [0.15, 0.2) is 5.82 Å². The zero-order valence-corrected chi connectivity index (χ0v) is 11.1. The van der Waals surface area contributed by atoms with Crippen LogP contribution in [0, 0.1) is 0 Å². The van der Waals surface area contributed by atoms with Crippen LogP contribution in [0.5, 0.6) is 0 Å². The number of nitrogens with one attached hydrogen (secondary N) is 1. The SMILES string of the molecule is Cn1nnnc1CC(=O)Nc1ccc(Cl)c(C(=O)O)c1. The average Bonchev–Trinajstić information content (AvgIpc) is 2.77. The summed E-state index contributed by atoms with van der Waals surface area (Å²) in [5, 5.41) is 22.3. The van der Waals surface area contributed by atoms with Crippen molar-refractivity contribution in [3.8, 4) is 0 Å². The number of aromatic nitrogens is 4. The summed E-state index contributed by atoms with van der Waals surface area (Å²) in [5.41, 5.74) is 0.261. The molecule has 1 aromatic carbocycles. The maximum absolute atomic E-state index is 11.8. The van der Waals surface area contributed by atoms with Crippen molar-refractivity contribution in [2.75, 3.05) is 5.32 Å². The molecule has 0 spiro atoms. The number of tetrazole rings is 1. The van der Waals surface area contributed by atoms with E-state index in [0.717, 1.165) is 0 Å². The molecule has 1 heterocycles. The summed E-state index contributed by atoms with van der Waals surface area (Å²) in [7, 11) is 1.62. The van der Waals surface area contributed by atoms with Crippen LogP contribution in [-0.2, 0) is 18.3 Å². The van der Waals surface area contributed by atoms with Gasteiger partial charge in [-0.3, -0.25) is 4.79 Å². The van der Waals surface area contributed by atoms with Gasteiger partial charge in [0, 0.05) is 12.7 Å². The van der Waals surface area contributed by atoms with E-state index in [9.17, 15) is 9.59 Å². The van der Waals surface area contributed by atoms with E-state index in [1.165, 1.54) is 22.9 Å². The molecule has 20 heavy (non-hydrogen) atoms. The number of aryl methyl sites for hydroxylation is 1. The third-order valence-electron chi connectivity index (χ3n) is 2.51. The number of halogens is 1. The summed E-state index contributed by atoms with van der Waals surface area (Å²) in [6.07, 6.45) is -0.0193. The molecule has 2 aromatic rings. The van der Waals surface area contributed by atoms with Gasteiger partial charge in [-0.25, -0.2) is 9.48 Å². The van der Waals surface area contributed by atoms with Gasteiger partial charge < -0.3 is 10.4 Å². The van der Waals surface area contributed by atoms with Gasteiger partial charge in [-0.05, 0) is 28.6 Å². The van der Waals surface area contributed by atoms with Crippen molar-refractivity contribution in [3.05, 3.63) is 34.6 Å². The Morgan fingerprint density at radius 1 is 1.45 bits per heavy atom. The van der Waals surface area contributed by atoms with Gasteiger partial charge in [0.05, 0.1) is 17.0 Å². The van der Waals surface area contributed by atoms with Gasteiger partial charge in [0.2, 0.25) is 5.91 Å². The fourth-order valence-electron chi connectivity index (χ4n) is 1.51. The Hall–Kier alpha value is -2.48. The number of hydrogen-bond donors (Lipinski definition) is 2. The molecule has 0 fully saturated rings. The predicted molar refractivity (Wildman–Crippen MR) is 69.5 cm³/mol. The summed E-state index contributed by atoms with van der Waals surface area (Å²) in [6.45, 7) is 0. The molecule has 0 aliphatic carbocycles. The highest BCUT2D eigenvalue weighted by atomic mass is 35.5. The molecule has 0 atom stereocenters. The molecule has 0 bridgehead atoms. The van der Waals surface area contributed by atoms with E-state index >= 15 is 0 Å². The smallest absolute Gasteiger partial charge is 0.337 e. The highest BCUT2D eigenvalue weighted by Gasteiger charge is 2.13. The molecule has 0 saturated carbocycles. The van der Waals surface area contributed by atoms with Gasteiger partial charge in [0.1, 0.15) is 0 Å². The van der Waals surface area contributed by atoms with Gasteiger partial charge >= 0.3 is 5.97 Å². The lowest BCUT2D eigenvalue weighted by Gasteiger charge is -2.06. The van der Waals surface area contributed by atoms with Crippen LogP contribution >= 0.6 is 11.6 Å².